The SMILES string of the molecule is Cc1cccc(C)c1C(Cl)c1ccc2c(c1)OCCCO2. The number of fused-ring (bicyclic) bond motifs is 1. The number of ether oxygens (including phenoxy) is 2. The lowest BCUT2D eigenvalue weighted by Gasteiger charge is -2.17. The maximum Gasteiger partial charge on any atom is 0.161 e. The second-order valence-electron chi connectivity index (χ2n) is 5.42. The molecule has 0 spiro atoms. The first kappa shape index (κ1) is 14.3. The molecule has 0 amide bonds. The van der Waals surface area contributed by atoms with Crippen molar-refractivity contribution in [2.45, 2.75) is 25.6 Å². The molecule has 0 aromatic heterocycles. The monoisotopic (exact) mass is 302 g/mol. The molecular formula is C18H19ClO2. The van der Waals surface area contributed by atoms with Crippen molar-refractivity contribution in [2.24, 2.45) is 0 Å². The van der Waals surface area contributed by atoms with E-state index in [2.05, 4.69) is 32.0 Å². The van der Waals surface area contributed by atoms with E-state index >= 15 is 0 Å². The summed E-state index contributed by atoms with van der Waals surface area (Å²) in [4.78, 5) is 0. The van der Waals surface area contributed by atoms with Crippen LogP contribution in [0.1, 0.15) is 34.1 Å². The van der Waals surface area contributed by atoms with Crippen molar-refractivity contribution in [1.82, 2.24) is 0 Å². The molecule has 2 nitrogen and oxygen atoms in total. The molecule has 110 valence electrons. The Kier molecular flexibility index (Phi) is 4.07. The van der Waals surface area contributed by atoms with Gasteiger partial charge in [0.25, 0.3) is 0 Å². The zero-order valence-corrected chi connectivity index (χ0v) is 13.1. The molecule has 0 N–H and O–H groups in total. The van der Waals surface area contributed by atoms with Crippen LogP contribution in [-0.2, 0) is 0 Å². The molecule has 2 aromatic rings. The molecule has 1 heterocycles. The summed E-state index contributed by atoms with van der Waals surface area (Å²) >= 11 is 6.73. The second kappa shape index (κ2) is 5.98. The summed E-state index contributed by atoms with van der Waals surface area (Å²) in [7, 11) is 0. The molecule has 2 aromatic carbocycles. The van der Waals surface area contributed by atoms with E-state index in [9.17, 15) is 0 Å². The van der Waals surface area contributed by atoms with Gasteiger partial charge in [0.2, 0.25) is 0 Å². The van der Waals surface area contributed by atoms with Crippen molar-refractivity contribution in [3.63, 3.8) is 0 Å². The first-order valence-corrected chi connectivity index (χ1v) is 7.70. The normalized spacial score (nSPS) is 15.4. The largest absolute Gasteiger partial charge is 0.490 e. The van der Waals surface area contributed by atoms with Crippen molar-refractivity contribution in [1.29, 1.82) is 0 Å². The second-order valence-corrected chi connectivity index (χ2v) is 5.86. The summed E-state index contributed by atoms with van der Waals surface area (Å²) in [6.45, 7) is 5.59. The number of hydrogen-bond acceptors (Lipinski definition) is 2. The zero-order chi connectivity index (χ0) is 14.8. The van der Waals surface area contributed by atoms with Crippen molar-refractivity contribution in [3.05, 3.63) is 58.7 Å². The van der Waals surface area contributed by atoms with Crippen LogP contribution in [0.5, 0.6) is 11.5 Å². The molecule has 0 saturated heterocycles. The van der Waals surface area contributed by atoms with Crippen molar-refractivity contribution in [2.75, 3.05) is 13.2 Å². The highest BCUT2D eigenvalue weighted by atomic mass is 35.5. The van der Waals surface area contributed by atoms with Gasteiger partial charge in [0.15, 0.2) is 11.5 Å². The minimum Gasteiger partial charge on any atom is -0.490 e. The molecule has 1 unspecified atom stereocenters. The van der Waals surface area contributed by atoms with Crippen LogP contribution >= 0.6 is 11.6 Å². The first-order valence-electron chi connectivity index (χ1n) is 7.26. The van der Waals surface area contributed by atoms with Gasteiger partial charge in [0.05, 0.1) is 18.6 Å². The average Bonchev–Trinajstić information content (AvgIpc) is 2.71. The van der Waals surface area contributed by atoms with Gasteiger partial charge in [0, 0.05) is 6.42 Å². The van der Waals surface area contributed by atoms with Crippen LogP contribution < -0.4 is 9.47 Å². The van der Waals surface area contributed by atoms with E-state index in [1.807, 2.05) is 18.2 Å². The van der Waals surface area contributed by atoms with Crippen LogP contribution in [0, 0.1) is 13.8 Å². The van der Waals surface area contributed by atoms with E-state index < -0.39 is 0 Å². The van der Waals surface area contributed by atoms with Crippen molar-refractivity contribution >= 4 is 11.6 Å². The van der Waals surface area contributed by atoms with E-state index in [0.29, 0.717) is 13.2 Å². The van der Waals surface area contributed by atoms with Crippen LogP contribution in [0.3, 0.4) is 0 Å². The molecule has 0 bridgehead atoms. The summed E-state index contributed by atoms with van der Waals surface area (Å²) in [6, 6.07) is 12.2. The minimum absolute atomic E-state index is 0.177. The van der Waals surface area contributed by atoms with Gasteiger partial charge in [-0.1, -0.05) is 24.3 Å². The Bertz CT molecular complexity index is 631. The van der Waals surface area contributed by atoms with Crippen molar-refractivity contribution < 1.29 is 9.47 Å². The fraction of sp³-hybridized carbons (Fsp3) is 0.333. The van der Waals surface area contributed by atoms with Crippen LogP contribution in [0.25, 0.3) is 0 Å². The number of alkyl halides is 1. The molecule has 0 aliphatic carbocycles. The molecule has 1 atom stereocenters. The summed E-state index contributed by atoms with van der Waals surface area (Å²) in [6.07, 6.45) is 0.908. The maximum atomic E-state index is 6.73. The predicted molar refractivity (Wildman–Crippen MR) is 85.7 cm³/mol. The highest BCUT2D eigenvalue weighted by Gasteiger charge is 2.18. The van der Waals surface area contributed by atoms with Gasteiger partial charge in [-0.25, -0.2) is 0 Å². The number of hydrogen-bond donors (Lipinski definition) is 0. The Morgan fingerprint density at radius 1 is 0.952 bits per heavy atom. The fourth-order valence-electron chi connectivity index (χ4n) is 2.73. The van der Waals surface area contributed by atoms with E-state index in [0.717, 1.165) is 23.5 Å². The smallest absolute Gasteiger partial charge is 0.161 e. The van der Waals surface area contributed by atoms with Gasteiger partial charge in [-0.15, -0.1) is 11.6 Å². The number of rotatable bonds is 2. The van der Waals surface area contributed by atoms with Gasteiger partial charge in [-0.05, 0) is 48.2 Å². The van der Waals surface area contributed by atoms with Gasteiger partial charge in [0.1, 0.15) is 0 Å². The highest BCUT2D eigenvalue weighted by Crippen LogP contribution is 2.38. The first-order chi connectivity index (χ1) is 10.2. The van der Waals surface area contributed by atoms with Crippen molar-refractivity contribution in [3.8, 4) is 11.5 Å². The minimum atomic E-state index is -0.177. The van der Waals surface area contributed by atoms with E-state index in [-0.39, 0.29) is 5.38 Å². The molecule has 0 radical (unpaired) electrons. The third-order valence-electron chi connectivity index (χ3n) is 3.86. The highest BCUT2D eigenvalue weighted by molar-refractivity contribution is 6.22. The zero-order valence-electron chi connectivity index (χ0n) is 12.4. The predicted octanol–water partition coefficient (Wildman–Crippen LogP) is 4.79. The van der Waals surface area contributed by atoms with Crippen LogP contribution in [-0.4, -0.2) is 13.2 Å². The lowest BCUT2D eigenvalue weighted by atomic mass is 9.95. The van der Waals surface area contributed by atoms with Gasteiger partial charge in [-0.2, -0.15) is 0 Å². The van der Waals surface area contributed by atoms with Gasteiger partial charge in [-0.3, -0.25) is 0 Å². The standard InChI is InChI=1S/C18H19ClO2/c1-12-5-3-6-13(2)17(12)18(19)14-7-8-15-16(11-14)21-10-4-9-20-15/h3,5-8,11,18H,4,9-10H2,1-2H3. The third-order valence-corrected chi connectivity index (χ3v) is 4.33. The summed E-state index contributed by atoms with van der Waals surface area (Å²) in [5.74, 6) is 1.60. The Morgan fingerprint density at radius 2 is 1.62 bits per heavy atom. The van der Waals surface area contributed by atoms with E-state index in [1.54, 1.807) is 0 Å². The quantitative estimate of drug-likeness (QED) is 0.742. The molecule has 3 heteroatoms. The Balaban J connectivity index is 1.98. The number of benzene rings is 2. The number of halogens is 1. The lowest BCUT2D eigenvalue weighted by Crippen LogP contribution is -2.00. The maximum absolute atomic E-state index is 6.73. The Hall–Kier alpha value is -1.67. The summed E-state index contributed by atoms with van der Waals surface area (Å²) in [5.41, 5.74) is 4.64. The van der Waals surface area contributed by atoms with Gasteiger partial charge >= 0.3 is 0 Å². The molecule has 0 saturated carbocycles. The summed E-state index contributed by atoms with van der Waals surface area (Å²) in [5, 5.41) is -0.177. The summed E-state index contributed by atoms with van der Waals surface area (Å²) < 4.78 is 11.4. The molecule has 21 heavy (non-hydrogen) atoms. The molecule has 1 aliphatic heterocycles. The van der Waals surface area contributed by atoms with E-state index in [1.165, 1.54) is 16.7 Å². The molecular weight excluding hydrogens is 284 g/mol. The molecule has 0 fully saturated rings. The lowest BCUT2D eigenvalue weighted by molar-refractivity contribution is 0.297. The van der Waals surface area contributed by atoms with Crippen LogP contribution in [0.2, 0.25) is 0 Å². The Labute approximate surface area is 130 Å². The van der Waals surface area contributed by atoms with Crippen LogP contribution in [0.4, 0.5) is 0 Å². The number of aryl methyl sites for hydroxylation is 2. The average molecular weight is 303 g/mol. The molecule has 3 rings (SSSR count). The molecule has 1 aliphatic rings. The Morgan fingerprint density at radius 3 is 2.33 bits per heavy atom. The van der Waals surface area contributed by atoms with Crippen LogP contribution in [0.15, 0.2) is 36.4 Å². The van der Waals surface area contributed by atoms with Gasteiger partial charge < -0.3 is 9.47 Å². The van der Waals surface area contributed by atoms with E-state index in [4.69, 9.17) is 21.1 Å². The fourth-order valence-corrected chi connectivity index (χ4v) is 3.21. The topological polar surface area (TPSA) is 18.5 Å². The third kappa shape index (κ3) is 2.86.